The predicted octanol–water partition coefficient (Wildman–Crippen LogP) is 2.40. The molecular formula is C17H30N4O4S2. The van der Waals surface area contributed by atoms with Gasteiger partial charge >= 0.3 is 12.1 Å². The highest BCUT2D eigenvalue weighted by Crippen LogP contribution is 2.23. The molecule has 0 unspecified atom stereocenters. The van der Waals surface area contributed by atoms with E-state index >= 15 is 0 Å². The summed E-state index contributed by atoms with van der Waals surface area (Å²) in [5, 5.41) is 9.89. The van der Waals surface area contributed by atoms with Crippen LogP contribution >= 0.6 is 21.6 Å². The normalized spacial score (nSPS) is 14.3. The van der Waals surface area contributed by atoms with E-state index in [-0.39, 0.29) is 23.5 Å². The molecule has 154 valence electrons. The van der Waals surface area contributed by atoms with Crippen molar-refractivity contribution in [2.75, 3.05) is 24.6 Å². The van der Waals surface area contributed by atoms with E-state index < -0.39 is 12.1 Å². The third-order valence-electron chi connectivity index (χ3n) is 4.03. The number of nitrogens with one attached hydrogen (secondary N) is 4. The van der Waals surface area contributed by atoms with E-state index in [9.17, 15) is 19.2 Å². The molecule has 6 amide bonds. The monoisotopic (exact) mass is 418 g/mol. The Balaban J connectivity index is 1.99. The summed E-state index contributed by atoms with van der Waals surface area (Å²) in [6, 6.07) is -0.947. The average Bonchev–Trinajstić information content (AvgIpc) is 2.65. The lowest BCUT2D eigenvalue weighted by Crippen LogP contribution is -2.43. The Kier molecular flexibility index (Phi) is 12.8. The Hall–Kier alpha value is -1.42. The first-order valence-electron chi connectivity index (χ1n) is 9.43. The summed E-state index contributed by atoms with van der Waals surface area (Å²) >= 11 is 0. The maximum absolute atomic E-state index is 11.9. The van der Waals surface area contributed by atoms with E-state index in [0.29, 0.717) is 18.8 Å². The Labute approximate surface area is 168 Å². The first-order chi connectivity index (χ1) is 13.0. The molecule has 0 spiro atoms. The molecule has 0 aromatic rings. The van der Waals surface area contributed by atoms with E-state index in [1.54, 1.807) is 0 Å². The second kappa shape index (κ2) is 14.6. The third-order valence-corrected chi connectivity index (χ3v) is 6.30. The number of urea groups is 2. The molecule has 0 atom stereocenters. The smallest absolute Gasteiger partial charge is 0.321 e. The Morgan fingerprint density at radius 3 is 2.26 bits per heavy atom. The lowest BCUT2D eigenvalue weighted by Gasteiger charge is -2.20. The number of carbonyl (C=O) groups is 4. The summed E-state index contributed by atoms with van der Waals surface area (Å²) in [7, 11) is 2.72. The Bertz CT molecular complexity index is 499. The van der Waals surface area contributed by atoms with Gasteiger partial charge < -0.3 is 10.6 Å². The Morgan fingerprint density at radius 1 is 0.889 bits per heavy atom. The molecular weight excluding hydrogens is 388 g/mol. The minimum atomic E-state index is -0.474. The van der Waals surface area contributed by atoms with E-state index in [1.807, 2.05) is 6.92 Å². The van der Waals surface area contributed by atoms with Crippen LogP contribution in [0.4, 0.5) is 9.59 Å². The number of imide groups is 2. The average molecular weight is 419 g/mol. The highest BCUT2D eigenvalue weighted by Gasteiger charge is 2.22. The molecule has 0 aliphatic heterocycles. The molecule has 0 heterocycles. The van der Waals surface area contributed by atoms with Gasteiger partial charge in [-0.2, -0.15) is 0 Å². The van der Waals surface area contributed by atoms with Crippen molar-refractivity contribution in [3.05, 3.63) is 0 Å². The van der Waals surface area contributed by atoms with Gasteiger partial charge in [-0.25, -0.2) is 9.59 Å². The van der Waals surface area contributed by atoms with E-state index in [0.717, 1.165) is 44.9 Å². The first-order valence-corrected chi connectivity index (χ1v) is 11.9. The molecule has 8 nitrogen and oxygen atoms in total. The number of amides is 6. The highest BCUT2D eigenvalue weighted by atomic mass is 33.1. The van der Waals surface area contributed by atoms with Gasteiger partial charge in [0.15, 0.2) is 0 Å². The molecule has 1 aliphatic rings. The Morgan fingerprint density at radius 2 is 1.56 bits per heavy atom. The fraction of sp³-hybridized carbons (Fsp3) is 0.765. The maximum Gasteiger partial charge on any atom is 0.321 e. The second-order valence-corrected chi connectivity index (χ2v) is 8.90. The van der Waals surface area contributed by atoms with Crippen LogP contribution in [-0.4, -0.2) is 48.5 Å². The van der Waals surface area contributed by atoms with E-state index in [2.05, 4.69) is 21.3 Å². The molecule has 0 aromatic carbocycles. The van der Waals surface area contributed by atoms with Crippen molar-refractivity contribution in [2.45, 2.75) is 51.9 Å². The fourth-order valence-electron chi connectivity index (χ4n) is 2.57. The van der Waals surface area contributed by atoms with Gasteiger partial charge in [-0.3, -0.25) is 20.2 Å². The van der Waals surface area contributed by atoms with E-state index in [4.69, 9.17) is 0 Å². The van der Waals surface area contributed by atoms with Gasteiger partial charge in [0.2, 0.25) is 11.8 Å². The zero-order valence-corrected chi connectivity index (χ0v) is 17.4. The largest absolute Gasteiger partial charge is 0.338 e. The van der Waals surface area contributed by atoms with Crippen molar-refractivity contribution in [2.24, 2.45) is 5.92 Å². The minimum Gasteiger partial charge on any atom is -0.338 e. The van der Waals surface area contributed by atoms with Crippen LogP contribution in [0.25, 0.3) is 0 Å². The highest BCUT2D eigenvalue weighted by molar-refractivity contribution is 8.76. The number of hydrogen-bond donors (Lipinski definition) is 4. The topological polar surface area (TPSA) is 116 Å². The van der Waals surface area contributed by atoms with Crippen molar-refractivity contribution < 1.29 is 19.2 Å². The van der Waals surface area contributed by atoms with Crippen molar-refractivity contribution in [3.63, 3.8) is 0 Å². The zero-order valence-electron chi connectivity index (χ0n) is 15.8. The van der Waals surface area contributed by atoms with Crippen LogP contribution in [0.5, 0.6) is 0 Å². The summed E-state index contributed by atoms with van der Waals surface area (Å²) in [5.41, 5.74) is 0. The van der Waals surface area contributed by atoms with Gasteiger partial charge in [0.25, 0.3) is 0 Å². The molecule has 1 fully saturated rings. The van der Waals surface area contributed by atoms with Gasteiger partial charge in [0.05, 0.1) is 5.75 Å². The van der Waals surface area contributed by atoms with Crippen molar-refractivity contribution in [3.8, 4) is 0 Å². The summed E-state index contributed by atoms with van der Waals surface area (Å²) in [5.74, 6) is 0.143. The van der Waals surface area contributed by atoms with E-state index in [1.165, 1.54) is 21.6 Å². The molecule has 1 rings (SSSR count). The summed E-state index contributed by atoms with van der Waals surface area (Å²) in [6.07, 6.45) is 6.80. The lowest BCUT2D eigenvalue weighted by molar-refractivity contribution is -0.124. The van der Waals surface area contributed by atoms with Crippen molar-refractivity contribution in [1.82, 2.24) is 21.3 Å². The quantitative estimate of drug-likeness (QED) is 0.320. The van der Waals surface area contributed by atoms with Crippen LogP contribution < -0.4 is 21.3 Å². The molecule has 10 heteroatoms. The number of unbranched alkanes of at least 4 members (excludes halogenated alkanes) is 1. The van der Waals surface area contributed by atoms with Crippen LogP contribution in [0.2, 0.25) is 0 Å². The molecule has 0 radical (unpaired) electrons. The van der Waals surface area contributed by atoms with Crippen LogP contribution in [-0.2, 0) is 9.59 Å². The van der Waals surface area contributed by atoms with Gasteiger partial charge in [-0.15, -0.1) is 0 Å². The zero-order chi connectivity index (χ0) is 19.9. The van der Waals surface area contributed by atoms with Crippen LogP contribution in [0.1, 0.15) is 51.9 Å². The molecule has 0 bridgehead atoms. The van der Waals surface area contributed by atoms with Crippen molar-refractivity contribution >= 4 is 45.5 Å². The van der Waals surface area contributed by atoms with Gasteiger partial charge in [0.1, 0.15) is 0 Å². The molecule has 1 saturated carbocycles. The minimum absolute atomic E-state index is 0.0490. The van der Waals surface area contributed by atoms with Crippen LogP contribution in [0, 0.1) is 5.92 Å². The SMILES string of the molecule is CCCCNC(=O)NC(=O)CSSCCNC(=O)NC(=O)C1CCCCC1. The summed E-state index contributed by atoms with van der Waals surface area (Å²) in [4.78, 5) is 46.6. The summed E-state index contributed by atoms with van der Waals surface area (Å²) < 4.78 is 0. The summed E-state index contributed by atoms with van der Waals surface area (Å²) in [6.45, 7) is 2.96. The lowest BCUT2D eigenvalue weighted by atomic mass is 9.89. The molecule has 1 aliphatic carbocycles. The predicted molar refractivity (Wildman–Crippen MR) is 109 cm³/mol. The first kappa shape index (κ1) is 23.6. The maximum atomic E-state index is 11.9. The molecule has 4 N–H and O–H groups in total. The second-order valence-electron chi connectivity index (χ2n) is 6.32. The van der Waals surface area contributed by atoms with Gasteiger partial charge in [-0.1, -0.05) is 54.2 Å². The standard InChI is InChI=1S/C17H30N4O4S2/c1-2-3-9-18-16(24)20-14(22)12-27-26-11-10-19-17(25)21-15(23)13-7-5-4-6-8-13/h13H,2-12H2,1H3,(H2,18,20,22,24)(H2,19,21,23,25). The number of carbonyl (C=O) groups excluding carboxylic acids is 4. The number of hydrogen-bond acceptors (Lipinski definition) is 6. The molecule has 27 heavy (non-hydrogen) atoms. The molecule has 0 saturated heterocycles. The number of rotatable bonds is 10. The van der Waals surface area contributed by atoms with Gasteiger partial charge in [-0.05, 0) is 19.3 Å². The van der Waals surface area contributed by atoms with Crippen LogP contribution in [0.15, 0.2) is 0 Å². The van der Waals surface area contributed by atoms with Crippen molar-refractivity contribution in [1.29, 1.82) is 0 Å². The fourth-order valence-corrected chi connectivity index (χ4v) is 4.31. The van der Waals surface area contributed by atoms with Crippen LogP contribution in [0.3, 0.4) is 0 Å². The van der Waals surface area contributed by atoms with Gasteiger partial charge in [0, 0.05) is 24.8 Å². The third kappa shape index (κ3) is 11.8. The molecule has 0 aromatic heterocycles.